The highest BCUT2D eigenvalue weighted by Crippen LogP contribution is 2.55. The first-order valence-electron chi connectivity index (χ1n) is 15.0. The van der Waals surface area contributed by atoms with Crippen LogP contribution < -0.4 is 9.47 Å². The molecule has 2 N–H and O–H groups in total. The number of fused-ring (bicyclic) bond motifs is 3. The minimum Gasteiger partial charge on any atom is -0.497 e. The van der Waals surface area contributed by atoms with Crippen LogP contribution in [0, 0.1) is 0 Å². The zero-order valence-electron chi connectivity index (χ0n) is 25.7. The normalized spacial score (nSPS) is 26.4. The Hall–Kier alpha value is -2.27. The number of nitrogens with zero attached hydrogens (tertiary/aromatic N) is 1. The topological polar surface area (TPSA) is 115 Å². The molecule has 9 nitrogen and oxygen atoms in total. The van der Waals surface area contributed by atoms with Gasteiger partial charge in [0.15, 0.2) is 28.3 Å². The van der Waals surface area contributed by atoms with Gasteiger partial charge in [-0.05, 0) is 88.3 Å². The van der Waals surface area contributed by atoms with Crippen molar-refractivity contribution in [3.05, 3.63) is 35.1 Å². The lowest BCUT2D eigenvalue weighted by molar-refractivity contribution is -0.175. The van der Waals surface area contributed by atoms with Crippen LogP contribution >= 0.6 is 11.8 Å². The second kappa shape index (κ2) is 11.3. The Morgan fingerprint density at radius 3 is 2.48 bits per heavy atom. The molecule has 1 saturated heterocycles. The standard InChI is InChI=1S/C32H45NO8S/c1-29(2,3)42-25(34)18-32(37,12-7-10-30(4,5)36)28(35)41-27-24(38-6)17-31-11-8-13-33(31)14-9-20-15-22-23(40-19-39-22)16-21(20)26(27)31/h15-17,26-27,36-37H,7-14,18-19H2,1-6H3/t26-,27?,31+,32-/m1/s1. The molecule has 42 heavy (non-hydrogen) atoms. The highest BCUT2D eigenvalue weighted by Gasteiger charge is 2.59. The monoisotopic (exact) mass is 603 g/mol. The Morgan fingerprint density at radius 2 is 1.81 bits per heavy atom. The molecule has 0 aromatic heterocycles. The summed E-state index contributed by atoms with van der Waals surface area (Å²) in [4.78, 5) is 29.6. The van der Waals surface area contributed by atoms with E-state index in [2.05, 4.69) is 11.0 Å². The molecule has 1 aliphatic carbocycles. The summed E-state index contributed by atoms with van der Waals surface area (Å²) < 4.78 is 23.2. The van der Waals surface area contributed by atoms with Gasteiger partial charge in [0.25, 0.3) is 0 Å². The summed E-state index contributed by atoms with van der Waals surface area (Å²) in [5.41, 5.74) is -1.29. The molecule has 0 saturated carbocycles. The summed E-state index contributed by atoms with van der Waals surface area (Å²) in [6.45, 7) is 11.0. The van der Waals surface area contributed by atoms with Gasteiger partial charge in [-0.3, -0.25) is 9.69 Å². The van der Waals surface area contributed by atoms with E-state index in [0.29, 0.717) is 30.1 Å². The van der Waals surface area contributed by atoms with E-state index in [1.165, 1.54) is 0 Å². The van der Waals surface area contributed by atoms with E-state index in [4.69, 9.17) is 18.9 Å². The van der Waals surface area contributed by atoms with Gasteiger partial charge in [-0.1, -0.05) is 32.5 Å². The predicted octanol–water partition coefficient (Wildman–Crippen LogP) is 4.47. The Kier molecular flexibility index (Phi) is 8.41. The highest BCUT2D eigenvalue weighted by molar-refractivity contribution is 8.14. The van der Waals surface area contributed by atoms with Crippen LogP contribution in [0.3, 0.4) is 0 Å². The largest absolute Gasteiger partial charge is 0.497 e. The number of rotatable bonds is 9. The summed E-state index contributed by atoms with van der Waals surface area (Å²) in [6, 6.07) is 4.05. The van der Waals surface area contributed by atoms with Crippen molar-refractivity contribution in [2.75, 3.05) is 27.0 Å². The second-order valence-electron chi connectivity index (χ2n) is 13.8. The number of aliphatic hydroxyl groups is 2. The van der Waals surface area contributed by atoms with Gasteiger partial charge in [0.1, 0.15) is 5.76 Å². The van der Waals surface area contributed by atoms with Crippen molar-refractivity contribution in [1.29, 1.82) is 0 Å². The molecule has 1 fully saturated rings. The Morgan fingerprint density at radius 1 is 1.10 bits per heavy atom. The van der Waals surface area contributed by atoms with Crippen LogP contribution in [0.5, 0.6) is 11.5 Å². The van der Waals surface area contributed by atoms with Crippen LogP contribution in [0.4, 0.5) is 0 Å². The van der Waals surface area contributed by atoms with E-state index >= 15 is 0 Å². The predicted molar refractivity (Wildman–Crippen MR) is 160 cm³/mol. The van der Waals surface area contributed by atoms with Crippen LogP contribution in [-0.2, 0) is 25.5 Å². The molecule has 1 aromatic rings. The third-order valence-electron chi connectivity index (χ3n) is 8.81. The van der Waals surface area contributed by atoms with E-state index in [1.54, 1.807) is 21.0 Å². The minimum atomic E-state index is -2.05. The van der Waals surface area contributed by atoms with Gasteiger partial charge in [0, 0.05) is 11.3 Å². The fraction of sp³-hybridized carbons (Fsp3) is 0.688. The van der Waals surface area contributed by atoms with Gasteiger partial charge in [-0.25, -0.2) is 4.79 Å². The molecule has 1 unspecified atom stereocenters. The van der Waals surface area contributed by atoms with Crippen molar-refractivity contribution in [1.82, 2.24) is 4.90 Å². The van der Waals surface area contributed by atoms with Crippen LogP contribution in [0.2, 0.25) is 0 Å². The molecule has 3 heterocycles. The van der Waals surface area contributed by atoms with Gasteiger partial charge >= 0.3 is 5.97 Å². The van der Waals surface area contributed by atoms with E-state index in [-0.39, 0.29) is 35.4 Å². The van der Waals surface area contributed by atoms with E-state index in [0.717, 1.165) is 55.2 Å². The number of hydrogen-bond donors (Lipinski definition) is 2. The van der Waals surface area contributed by atoms with E-state index in [1.807, 2.05) is 32.9 Å². The average molecular weight is 604 g/mol. The van der Waals surface area contributed by atoms with Crippen molar-refractivity contribution in [2.24, 2.45) is 0 Å². The third kappa shape index (κ3) is 6.18. The first-order valence-corrected chi connectivity index (χ1v) is 15.8. The average Bonchev–Trinajstić information content (AvgIpc) is 3.55. The van der Waals surface area contributed by atoms with Crippen LogP contribution in [-0.4, -0.2) is 80.8 Å². The number of ether oxygens (including phenoxy) is 4. The second-order valence-corrected chi connectivity index (χ2v) is 15.6. The first kappa shape index (κ1) is 31.2. The lowest BCUT2D eigenvalue weighted by atomic mass is 9.77. The van der Waals surface area contributed by atoms with Crippen LogP contribution in [0.15, 0.2) is 24.0 Å². The lowest BCUT2D eigenvalue weighted by Crippen LogP contribution is -2.49. The third-order valence-corrected chi connectivity index (χ3v) is 9.80. The van der Waals surface area contributed by atoms with Gasteiger partial charge in [-0.2, -0.15) is 0 Å². The summed E-state index contributed by atoms with van der Waals surface area (Å²) in [5.74, 6) is 0.792. The van der Waals surface area contributed by atoms with Gasteiger partial charge < -0.3 is 29.2 Å². The number of hydrogen-bond acceptors (Lipinski definition) is 10. The van der Waals surface area contributed by atoms with Crippen molar-refractivity contribution in [3.63, 3.8) is 0 Å². The smallest absolute Gasteiger partial charge is 0.339 e. The van der Waals surface area contributed by atoms with Crippen LogP contribution in [0.1, 0.15) is 90.2 Å². The van der Waals surface area contributed by atoms with Crippen molar-refractivity contribution in [2.45, 2.75) is 113 Å². The van der Waals surface area contributed by atoms with Crippen LogP contribution in [0.25, 0.3) is 0 Å². The lowest BCUT2D eigenvalue weighted by Gasteiger charge is -2.39. The number of carbonyl (C=O) groups excluding carboxylic acids is 2. The highest BCUT2D eigenvalue weighted by atomic mass is 32.2. The molecular formula is C32H45NO8S. The SMILES string of the molecule is COC1=C[C@]23CCCN2CCc2cc4c(cc2[C@@H]3C1OC(=O)[C@@](O)(CCCC(C)(C)O)CC(=O)SC(C)(C)C)OCO4. The van der Waals surface area contributed by atoms with E-state index in [9.17, 15) is 19.8 Å². The minimum absolute atomic E-state index is 0.0117. The molecule has 0 bridgehead atoms. The number of carbonyl (C=O) groups is 2. The maximum absolute atomic E-state index is 14.1. The van der Waals surface area contributed by atoms with Crippen molar-refractivity contribution in [3.8, 4) is 11.5 Å². The first-order chi connectivity index (χ1) is 19.6. The molecule has 5 rings (SSSR count). The molecule has 232 valence electrons. The number of esters is 1. The summed E-state index contributed by atoms with van der Waals surface area (Å²) in [5, 5.41) is 21.8. The summed E-state index contributed by atoms with van der Waals surface area (Å²) in [6.07, 6.45) is 4.32. The molecule has 0 amide bonds. The summed E-state index contributed by atoms with van der Waals surface area (Å²) in [7, 11) is 1.58. The maximum Gasteiger partial charge on any atom is 0.339 e. The molecular weight excluding hydrogens is 558 g/mol. The zero-order chi connectivity index (χ0) is 30.5. The fourth-order valence-electron chi connectivity index (χ4n) is 7.01. The summed E-state index contributed by atoms with van der Waals surface area (Å²) >= 11 is 1.10. The Bertz CT molecular complexity index is 1250. The molecule has 4 aliphatic rings. The van der Waals surface area contributed by atoms with Gasteiger partial charge in [-0.15, -0.1) is 0 Å². The molecule has 0 radical (unpaired) electrons. The Balaban J connectivity index is 1.49. The molecule has 10 heteroatoms. The number of methoxy groups -OCH3 is 1. The van der Waals surface area contributed by atoms with Crippen molar-refractivity contribution >= 4 is 22.8 Å². The van der Waals surface area contributed by atoms with Gasteiger partial charge in [0.2, 0.25) is 6.79 Å². The molecule has 3 aliphatic heterocycles. The zero-order valence-corrected chi connectivity index (χ0v) is 26.5. The molecule has 1 spiro atoms. The van der Waals surface area contributed by atoms with Crippen molar-refractivity contribution < 1.29 is 38.7 Å². The quantitative estimate of drug-likeness (QED) is 0.392. The number of benzene rings is 1. The Labute approximate surface area is 252 Å². The number of thioether (sulfide) groups is 1. The van der Waals surface area contributed by atoms with E-state index < -0.39 is 28.8 Å². The maximum atomic E-state index is 14.1. The molecule has 4 atom stereocenters. The molecule has 1 aromatic carbocycles. The van der Waals surface area contributed by atoms with Gasteiger partial charge in [0.05, 0.1) is 30.6 Å². The fourth-order valence-corrected chi connectivity index (χ4v) is 8.01.